The molecule has 0 atom stereocenters. The Balaban J connectivity index is 2.30. The van der Waals surface area contributed by atoms with Crippen LogP contribution in [0.2, 0.25) is 0 Å². The van der Waals surface area contributed by atoms with E-state index in [0.29, 0.717) is 11.0 Å². The van der Waals surface area contributed by atoms with Crippen molar-refractivity contribution in [2.24, 2.45) is 0 Å². The lowest BCUT2D eigenvalue weighted by molar-refractivity contribution is -0.253. The first kappa shape index (κ1) is 12.0. The number of imidazole rings is 1. The van der Waals surface area contributed by atoms with Gasteiger partial charge in [0.05, 0.1) is 11.0 Å². The fourth-order valence-corrected chi connectivity index (χ4v) is 1.47. The van der Waals surface area contributed by atoms with Gasteiger partial charge in [-0.2, -0.15) is 17.6 Å². The Bertz CT molecular complexity index is 543. The molecule has 0 saturated carbocycles. The molecule has 0 aliphatic carbocycles. The van der Waals surface area contributed by atoms with E-state index < -0.39 is 12.5 Å². The number of thiol groups is 1. The average molecular weight is 266 g/mol. The van der Waals surface area contributed by atoms with Crippen molar-refractivity contribution in [1.29, 1.82) is 0 Å². The van der Waals surface area contributed by atoms with Crippen LogP contribution < -0.4 is 4.74 Å². The van der Waals surface area contributed by atoms with Gasteiger partial charge < -0.3 is 9.72 Å². The number of rotatable bonds is 3. The van der Waals surface area contributed by atoms with Crippen LogP contribution in [0, 0.1) is 0 Å². The van der Waals surface area contributed by atoms with Crippen LogP contribution in [-0.2, 0) is 0 Å². The lowest BCUT2D eigenvalue weighted by Gasteiger charge is -2.16. The summed E-state index contributed by atoms with van der Waals surface area (Å²) in [7, 11) is 0. The van der Waals surface area contributed by atoms with E-state index in [1.54, 1.807) is 0 Å². The Hall–Kier alpha value is -1.44. The number of nitrogens with one attached hydrogen (secondary N) is 1. The van der Waals surface area contributed by atoms with Gasteiger partial charge in [0.25, 0.3) is 0 Å². The van der Waals surface area contributed by atoms with E-state index in [0.717, 1.165) is 12.1 Å². The lowest BCUT2D eigenvalue weighted by atomic mass is 10.3. The molecule has 1 aromatic heterocycles. The van der Waals surface area contributed by atoms with E-state index in [2.05, 4.69) is 27.3 Å². The number of aromatic amines is 1. The lowest BCUT2D eigenvalue weighted by Crippen LogP contribution is -2.33. The molecule has 0 bridgehead atoms. The summed E-state index contributed by atoms with van der Waals surface area (Å²) >= 11 is 3.92. The van der Waals surface area contributed by atoms with Gasteiger partial charge >= 0.3 is 12.5 Å². The van der Waals surface area contributed by atoms with E-state index in [9.17, 15) is 17.6 Å². The summed E-state index contributed by atoms with van der Waals surface area (Å²) in [5.41, 5.74) is 0.847. The Morgan fingerprint density at radius 1 is 1.35 bits per heavy atom. The highest BCUT2D eigenvalue weighted by Crippen LogP contribution is 2.29. The van der Waals surface area contributed by atoms with Gasteiger partial charge in [-0.15, -0.1) is 12.6 Å². The molecule has 2 aromatic rings. The van der Waals surface area contributed by atoms with Crippen LogP contribution in [-0.4, -0.2) is 22.5 Å². The quantitative estimate of drug-likeness (QED) is 0.661. The zero-order chi connectivity index (χ0) is 12.6. The molecular weight excluding hydrogens is 260 g/mol. The largest absolute Gasteiger partial charge is 0.461 e. The maximum Gasteiger partial charge on any atom is 0.461 e. The van der Waals surface area contributed by atoms with Crippen LogP contribution in [0.5, 0.6) is 5.75 Å². The minimum absolute atomic E-state index is 0.290. The van der Waals surface area contributed by atoms with Gasteiger partial charge in [-0.05, 0) is 12.1 Å². The molecule has 92 valence electrons. The van der Waals surface area contributed by atoms with E-state index in [1.165, 1.54) is 6.07 Å². The van der Waals surface area contributed by atoms with Crippen LogP contribution >= 0.6 is 12.6 Å². The van der Waals surface area contributed by atoms with Crippen molar-refractivity contribution in [3.8, 4) is 5.75 Å². The predicted octanol–water partition coefficient (Wildman–Crippen LogP) is 3.09. The first-order valence-corrected chi connectivity index (χ1v) is 4.87. The Morgan fingerprint density at radius 3 is 2.71 bits per heavy atom. The van der Waals surface area contributed by atoms with Crippen molar-refractivity contribution >= 4 is 23.7 Å². The molecule has 1 aromatic carbocycles. The maximum atomic E-state index is 12.6. The Labute approximate surface area is 98.2 Å². The molecule has 1 N–H and O–H groups in total. The zero-order valence-electron chi connectivity index (χ0n) is 8.12. The minimum Gasteiger partial charge on any atom is -0.428 e. The summed E-state index contributed by atoms with van der Waals surface area (Å²) in [6.07, 6.45) is -8.41. The van der Waals surface area contributed by atoms with E-state index >= 15 is 0 Å². The minimum atomic E-state index is -4.52. The fraction of sp³-hybridized carbons (Fsp3) is 0.222. The summed E-state index contributed by atoms with van der Waals surface area (Å²) in [4.78, 5) is 6.58. The standard InChI is InChI=1S/C9H6F4N2OS/c10-7(11)9(12,13)16-4-1-2-5-6(3-4)15-8(17)14-5/h1-3,7H,(H2,14,15,17). The number of hydrogen-bond donors (Lipinski definition) is 2. The average Bonchev–Trinajstić information content (AvgIpc) is 2.56. The molecule has 0 saturated heterocycles. The van der Waals surface area contributed by atoms with Gasteiger partial charge in [0.15, 0.2) is 5.16 Å². The highest BCUT2D eigenvalue weighted by molar-refractivity contribution is 7.80. The normalized spacial score (nSPS) is 12.4. The molecule has 0 radical (unpaired) electrons. The topological polar surface area (TPSA) is 37.9 Å². The summed E-state index contributed by atoms with van der Waals surface area (Å²) < 4.78 is 53.0. The number of hydrogen-bond acceptors (Lipinski definition) is 3. The molecule has 0 fully saturated rings. The van der Waals surface area contributed by atoms with Crippen molar-refractivity contribution in [2.75, 3.05) is 0 Å². The Kier molecular flexibility index (Phi) is 2.90. The summed E-state index contributed by atoms with van der Waals surface area (Å²) in [5.74, 6) is -0.386. The number of fused-ring (bicyclic) bond motifs is 1. The second kappa shape index (κ2) is 4.10. The second-order valence-corrected chi connectivity index (χ2v) is 3.63. The number of ether oxygens (including phenoxy) is 1. The van der Waals surface area contributed by atoms with Crippen LogP contribution in [0.1, 0.15) is 0 Å². The van der Waals surface area contributed by atoms with Crippen LogP contribution in [0.4, 0.5) is 17.6 Å². The summed E-state index contributed by atoms with van der Waals surface area (Å²) in [6.45, 7) is 0. The fourth-order valence-electron chi connectivity index (χ4n) is 1.24. The zero-order valence-corrected chi connectivity index (χ0v) is 9.02. The van der Waals surface area contributed by atoms with Gasteiger partial charge in [0.1, 0.15) is 5.75 Å². The van der Waals surface area contributed by atoms with Crippen LogP contribution in [0.3, 0.4) is 0 Å². The SMILES string of the molecule is FC(F)C(F)(F)Oc1ccc2[nH]c(S)nc2c1. The predicted molar refractivity (Wildman–Crippen MR) is 54.9 cm³/mol. The van der Waals surface area contributed by atoms with Gasteiger partial charge in [0, 0.05) is 6.07 Å². The molecule has 0 amide bonds. The van der Waals surface area contributed by atoms with Crippen LogP contribution in [0.15, 0.2) is 23.4 Å². The molecule has 1 heterocycles. The third-order valence-corrected chi connectivity index (χ3v) is 2.16. The molecule has 0 unspecified atom stereocenters. The molecule has 3 nitrogen and oxygen atoms in total. The molecule has 0 aliphatic rings. The molecule has 8 heteroatoms. The number of nitrogens with zero attached hydrogens (tertiary/aromatic N) is 1. The second-order valence-electron chi connectivity index (χ2n) is 3.20. The van der Waals surface area contributed by atoms with Gasteiger partial charge in [-0.1, -0.05) is 0 Å². The first-order chi connectivity index (χ1) is 7.88. The van der Waals surface area contributed by atoms with E-state index in [4.69, 9.17) is 0 Å². The molecule has 2 rings (SSSR count). The van der Waals surface area contributed by atoms with Crippen molar-refractivity contribution in [3.63, 3.8) is 0 Å². The van der Waals surface area contributed by atoms with Crippen molar-refractivity contribution in [1.82, 2.24) is 9.97 Å². The number of benzene rings is 1. The van der Waals surface area contributed by atoms with Crippen molar-refractivity contribution < 1.29 is 22.3 Å². The molecule has 0 aliphatic heterocycles. The monoisotopic (exact) mass is 266 g/mol. The summed E-state index contributed by atoms with van der Waals surface area (Å²) in [5, 5.41) is 0.290. The van der Waals surface area contributed by atoms with Gasteiger partial charge in [-0.25, -0.2) is 4.98 Å². The van der Waals surface area contributed by atoms with Gasteiger partial charge in [0.2, 0.25) is 0 Å². The maximum absolute atomic E-state index is 12.6. The Morgan fingerprint density at radius 2 is 2.06 bits per heavy atom. The number of alkyl halides is 4. The molecular formula is C9H6F4N2OS. The van der Waals surface area contributed by atoms with E-state index in [1.807, 2.05) is 0 Å². The third kappa shape index (κ3) is 2.46. The number of halogens is 4. The van der Waals surface area contributed by atoms with Gasteiger partial charge in [-0.3, -0.25) is 0 Å². The third-order valence-electron chi connectivity index (χ3n) is 1.95. The van der Waals surface area contributed by atoms with Crippen molar-refractivity contribution in [3.05, 3.63) is 18.2 Å². The highest BCUT2D eigenvalue weighted by atomic mass is 32.1. The van der Waals surface area contributed by atoms with E-state index in [-0.39, 0.29) is 10.9 Å². The smallest absolute Gasteiger partial charge is 0.428 e. The van der Waals surface area contributed by atoms with Crippen molar-refractivity contribution in [2.45, 2.75) is 17.7 Å². The number of H-pyrrole nitrogens is 1. The number of aromatic nitrogens is 2. The molecule has 0 spiro atoms. The van der Waals surface area contributed by atoms with Crippen LogP contribution in [0.25, 0.3) is 11.0 Å². The summed E-state index contributed by atoms with van der Waals surface area (Å²) in [6, 6.07) is 3.66. The molecule has 17 heavy (non-hydrogen) atoms. The first-order valence-electron chi connectivity index (χ1n) is 4.42. The highest BCUT2D eigenvalue weighted by Gasteiger charge is 2.43.